The van der Waals surface area contributed by atoms with E-state index in [9.17, 15) is 4.91 Å². The third-order valence-corrected chi connectivity index (χ3v) is 7.76. The number of rotatable bonds is 8. The van der Waals surface area contributed by atoms with Crippen molar-refractivity contribution in [1.29, 1.82) is 0 Å². The van der Waals surface area contributed by atoms with Crippen LogP contribution in [0.3, 0.4) is 0 Å². The zero-order valence-electron chi connectivity index (χ0n) is 21.1. The van der Waals surface area contributed by atoms with Gasteiger partial charge >= 0.3 is 0 Å². The fourth-order valence-electron chi connectivity index (χ4n) is 5.49. The van der Waals surface area contributed by atoms with E-state index in [1.54, 1.807) is 0 Å². The van der Waals surface area contributed by atoms with Gasteiger partial charge in [0.05, 0.1) is 5.52 Å². The zero-order valence-corrected chi connectivity index (χ0v) is 21.1. The van der Waals surface area contributed by atoms with E-state index in [0.29, 0.717) is 17.8 Å². The van der Waals surface area contributed by atoms with E-state index in [4.69, 9.17) is 0 Å². The fraction of sp³-hybridized carbons (Fsp3) is 0.500. The molecule has 7 heteroatoms. The highest BCUT2D eigenvalue weighted by Gasteiger charge is 2.21. The van der Waals surface area contributed by atoms with E-state index in [1.807, 2.05) is 23.4 Å². The van der Waals surface area contributed by atoms with Gasteiger partial charge in [0.2, 0.25) is 0 Å². The lowest BCUT2D eigenvalue weighted by Gasteiger charge is -2.37. The monoisotopic (exact) mass is 475 g/mol. The SMILES string of the molecule is CC(C)N1CCN(CCNC2CCN(c3cccc(-c4cc5ccc([NH+]=O)cc5[nH]4)c3)CC2)CC1. The van der Waals surface area contributed by atoms with Crippen LogP contribution < -0.4 is 15.4 Å². The topological polar surface area (TPSA) is 68.6 Å². The van der Waals surface area contributed by atoms with Crippen molar-refractivity contribution in [2.45, 2.75) is 38.8 Å². The number of hydrogen-bond donors (Lipinski definition) is 3. The van der Waals surface area contributed by atoms with Gasteiger partial charge in [0.25, 0.3) is 5.69 Å². The van der Waals surface area contributed by atoms with Crippen molar-refractivity contribution in [1.82, 2.24) is 20.1 Å². The van der Waals surface area contributed by atoms with Crippen LogP contribution >= 0.6 is 0 Å². The molecule has 0 bridgehead atoms. The lowest BCUT2D eigenvalue weighted by atomic mass is 10.0. The summed E-state index contributed by atoms with van der Waals surface area (Å²) in [5, 5.41) is 6.90. The van der Waals surface area contributed by atoms with Crippen LogP contribution in [-0.4, -0.2) is 79.2 Å². The predicted octanol–water partition coefficient (Wildman–Crippen LogP) is 2.90. The van der Waals surface area contributed by atoms with Crippen molar-refractivity contribution in [3.05, 3.63) is 53.4 Å². The van der Waals surface area contributed by atoms with E-state index >= 15 is 0 Å². The molecule has 0 unspecified atom stereocenters. The first-order valence-electron chi connectivity index (χ1n) is 13.1. The smallest absolute Gasteiger partial charge is 0.255 e. The van der Waals surface area contributed by atoms with Crippen LogP contribution in [0, 0.1) is 4.91 Å². The van der Waals surface area contributed by atoms with Gasteiger partial charge in [0, 0.05) is 103 Å². The number of nitrogens with zero attached hydrogens (tertiary/aromatic N) is 3. The van der Waals surface area contributed by atoms with Crippen molar-refractivity contribution in [3.63, 3.8) is 0 Å². The van der Waals surface area contributed by atoms with Crippen LogP contribution in [-0.2, 0) is 0 Å². The molecule has 0 spiro atoms. The Balaban J connectivity index is 1.11. The molecule has 5 rings (SSSR count). The summed E-state index contributed by atoms with van der Waals surface area (Å²) < 4.78 is 0. The van der Waals surface area contributed by atoms with Gasteiger partial charge in [-0.15, -0.1) is 0 Å². The third-order valence-electron chi connectivity index (χ3n) is 7.76. The van der Waals surface area contributed by atoms with Crippen LogP contribution in [0.1, 0.15) is 26.7 Å². The van der Waals surface area contributed by atoms with E-state index in [-0.39, 0.29) is 0 Å². The van der Waals surface area contributed by atoms with Crippen LogP contribution in [0.15, 0.2) is 48.5 Å². The molecule has 1 aromatic heterocycles. The summed E-state index contributed by atoms with van der Waals surface area (Å²) in [5.41, 5.74) is 5.08. The van der Waals surface area contributed by atoms with Gasteiger partial charge in [-0.1, -0.05) is 12.1 Å². The van der Waals surface area contributed by atoms with Gasteiger partial charge in [-0.25, -0.2) is 0 Å². The molecule has 0 atom stereocenters. The Morgan fingerprint density at radius 3 is 2.54 bits per heavy atom. The number of nitrogens with one attached hydrogen (secondary N) is 3. The van der Waals surface area contributed by atoms with Crippen LogP contribution in [0.25, 0.3) is 22.2 Å². The summed E-state index contributed by atoms with van der Waals surface area (Å²) >= 11 is 0. The maximum atomic E-state index is 11.0. The maximum Gasteiger partial charge on any atom is 0.255 e. The third kappa shape index (κ3) is 5.74. The number of nitroso groups, excluding NO2 is 1. The number of H-pyrrole nitrogens is 1. The molecule has 2 saturated heterocycles. The number of benzene rings is 2. The minimum atomic E-state index is 0.574. The highest BCUT2D eigenvalue weighted by molar-refractivity contribution is 5.87. The average Bonchev–Trinajstić information content (AvgIpc) is 3.33. The molecule has 35 heavy (non-hydrogen) atoms. The Hall–Kier alpha value is -2.74. The van der Waals surface area contributed by atoms with Crippen molar-refractivity contribution < 1.29 is 5.18 Å². The number of hydrogen-bond acceptors (Lipinski definition) is 5. The molecule has 2 aromatic carbocycles. The molecule has 2 fully saturated rings. The highest BCUT2D eigenvalue weighted by atomic mass is 16.3. The van der Waals surface area contributed by atoms with E-state index in [1.165, 1.54) is 50.3 Å². The van der Waals surface area contributed by atoms with Crippen LogP contribution in [0.2, 0.25) is 0 Å². The van der Waals surface area contributed by atoms with Crippen LogP contribution in [0.4, 0.5) is 11.4 Å². The van der Waals surface area contributed by atoms with E-state index in [0.717, 1.165) is 42.8 Å². The van der Waals surface area contributed by atoms with E-state index < -0.39 is 0 Å². The summed E-state index contributed by atoms with van der Waals surface area (Å²) in [6, 6.07) is 17.9. The standard InChI is InChI=1S/C28H38N6O/c1-21(2)33-16-14-32(15-17-33)13-10-29-24-8-11-34(12-9-24)26-5-3-4-22(18-26)27-19-23-6-7-25(31-35)20-28(23)30-27/h3-7,18-21,24,29-30H,8-17H2,1-2H3/p+1. The highest BCUT2D eigenvalue weighted by Crippen LogP contribution is 2.29. The van der Waals surface area contributed by atoms with Crippen molar-refractivity contribution in [2.75, 3.05) is 57.3 Å². The molecule has 186 valence electrons. The van der Waals surface area contributed by atoms with Gasteiger partial charge in [-0.3, -0.25) is 9.80 Å². The van der Waals surface area contributed by atoms with E-state index in [2.05, 4.69) is 69.2 Å². The molecule has 3 aromatic rings. The quantitative estimate of drug-likeness (QED) is 0.468. The lowest BCUT2D eigenvalue weighted by Crippen LogP contribution is -2.55. The van der Waals surface area contributed by atoms with Crippen molar-refractivity contribution >= 4 is 22.3 Å². The fourth-order valence-corrected chi connectivity index (χ4v) is 5.49. The number of aromatic amines is 1. The molecule has 0 radical (unpaired) electrons. The summed E-state index contributed by atoms with van der Waals surface area (Å²) in [6.07, 6.45) is 2.37. The Bertz CT molecular complexity index is 1130. The first-order chi connectivity index (χ1) is 17.1. The van der Waals surface area contributed by atoms with Gasteiger partial charge in [0.1, 0.15) is 0 Å². The number of aromatic nitrogens is 1. The summed E-state index contributed by atoms with van der Waals surface area (Å²) in [6.45, 7) is 13.8. The minimum absolute atomic E-state index is 0.574. The molecule has 0 aliphatic carbocycles. The number of piperidine rings is 1. The molecule has 2 aliphatic rings. The number of piperazine rings is 1. The number of fused-ring (bicyclic) bond motifs is 1. The lowest BCUT2D eigenvalue weighted by molar-refractivity contribution is -0.379. The van der Waals surface area contributed by atoms with Crippen molar-refractivity contribution in [2.24, 2.45) is 0 Å². The maximum absolute atomic E-state index is 11.0. The molecule has 0 amide bonds. The molecule has 3 N–H and O–H groups in total. The van der Waals surface area contributed by atoms with Gasteiger partial charge in [-0.05, 0) is 56.5 Å². The normalized spacial score (nSPS) is 18.5. The van der Waals surface area contributed by atoms with Gasteiger partial charge < -0.3 is 15.2 Å². The minimum Gasteiger partial charge on any atom is -0.371 e. The Kier molecular flexibility index (Phi) is 7.46. The molecular formula is C28H39N6O+. The van der Waals surface area contributed by atoms with Crippen LogP contribution in [0.5, 0.6) is 0 Å². The second-order valence-electron chi connectivity index (χ2n) is 10.3. The molecule has 3 heterocycles. The Morgan fingerprint density at radius 1 is 1.00 bits per heavy atom. The summed E-state index contributed by atoms with van der Waals surface area (Å²) in [5.74, 6) is 0. The Morgan fingerprint density at radius 2 is 1.80 bits per heavy atom. The largest absolute Gasteiger partial charge is 0.371 e. The van der Waals surface area contributed by atoms with Gasteiger partial charge in [0.15, 0.2) is 0 Å². The summed E-state index contributed by atoms with van der Waals surface area (Å²) in [7, 11) is 0. The Labute approximate surface area is 208 Å². The second-order valence-corrected chi connectivity index (χ2v) is 10.3. The zero-order chi connectivity index (χ0) is 24.2. The van der Waals surface area contributed by atoms with Crippen molar-refractivity contribution in [3.8, 4) is 11.3 Å². The average molecular weight is 476 g/mol. The van der Waals surface area contributed by atoms with Gasteiger partial charge in [-0.2, -0.15) is 0 Å². The number of anilines is 1. The first kappa shape index (κ1) is 24.0. The summed E-state index contributed by atoms with van der Waals surface area (Å²) in [4.78, 5) is 22.1. The predicted molar refractivity (Wildman–Crippen MR) is 144 cm³/mol. The molecule has 7 nitrogen and oxygen atoms in total. The molecular weight excluding hydrogens is 436 g/mol. The first-order valence-corrected chi connectivity index (χ1v) is 13.1. The second kappa shape index (κ2) is 10.9. The molecule has 0 saturated carbocycles. The molecule has 2 aliphatic heterocycles.